The van der Waals surface area contributed by atoms with E-state index in [-0.39, 0.29) is 11.0 Å². The third-order valence-corrected chi connectivity index (χ3v) is 5.74. The van der Waals surface area contributed by atoms with Crippen LogP contribution in [-0.2, 0) is 16.1 Å². The molecule has 2 heterocycles. The standard InChI is InChI=1S/C19H17ClN4O3S2/c1-3-24-10-11(9-21-24)4-7-15(25)23-19(28)22-12-5-6-13-14(8-12)29-17(16(13)20)18(26)27-2/h4-10H,3H2,1-2H3,(H2,22,23,25,28). The second kappa shape index (κ2) is 9.17. The monoisotopic (exact) mass is 448 g/mol. The maximum Gasteiger partial charge on any atom is 0.349 e. The topological polar surface area (TPSA) is 85.2 Å². The minimum Gasteiger partial charge on any atom is -0.465 e. The Morgan fingerprint density at radius 2 is 2.21 bits per heavy atom. The molecule has 0 saturated carbocycles. The van der Waals surface area contributed by atoms with E-state index in [1.54, 1.807) is 35.2 Å². The van der Waals surface area contributed by atoms with E-state index in [0.29, 0.717) is 15.6 Å². The van der Waals surface area contributed by atoms with E-state index in [1.165, 1.54) is 24.5 Å². The fraction of sp³-hybridized carbons (Fsp3) is 0.158. The first-order chi connectivity index (χ1) is 13.9. The quantitative estimate of drug-likeness (QED) is 0.347. The minimum absolute atomic E-state index is 0.152. The lowest BCUT2D eigenvalue weighted by Crippen LogP contribution is -2.32. The van der Waals surface area contributed by atoms with Gasteiger partial charge in [0.25, 0.3) is 0 Å². The van der Waals surface area contributed by atoms with Gasteiger partial charge in [-0.25, -0.2) is 4.79 Å². The number of benzene rings is 1. The Bertz CT molecular complexity index is 1120. The number of ether oxygens (including phenoxy) is 1. The molecule has 1 aromatic carbocycles. The highest BCUT2D eigenvalue weighted by molar-refractivity contribution is 7.80. The van der Waals surface area contributed by atoms with Crippen LogP contribution in [0.1, 0.15) is 22.2 Å². The van der Waals surface area contributed by atoms with Gasteiger partial charge in [0.05, 0.1) is 18.3 Å². The lowest BCUT2D eigenvalue weighted by Gasteiger charge is -2.08. The highest BCUT2D eigenvalue weighted by atomic mass is 35.5. The number of nitrogens with zero attached hydrogens (tertiary/aromatic N) is 2. The fourth-order valence-electron chi connectivity index (χ4n) is 2.49. The van der Waals surface area contributed by atoms with Crippen molar-refractivity contribution in [1.82, 2.24) is 15.1 Å². The summed E-state index contributed by atoms with van der Waals surface area (Å²) in [5, 5.41) is 10.9. The average Bonchev–Trinajstić information content (AvgIpc) is 3.30. The smallest absolute Gasteiger partial charge is 0.349 e. The normalized spacial score (nSPS) is 11.0. The predicted molar refractivity (Wildman–Crippen MR) is 119 cm³/mol. The van der Waals surface area contributed by atoms with Gasteiger partial charge in [-0.15, -0.1) is 11.3 Å². The molecule has 0 bridgehead atoms. The van der Waals surface area contributed by atoms with Crippen molar-refractivity contribution in [3.8, 4) is 0 Å². The highest BCUT2D eigenvalue weighted by Gasteiger charge is 2.17. The number of thiocarbonyl (C=S) groups is 1. The van der Waals surface area contributed by atoms with Gasteiger partial charge in [0.1, 0.15) is 4.88 Å². The molecule has 0 saturated heterocycles. The molecule has 0 radical (unpaired) electrons. The summed E-state index contributed by atoms with van der Waals surface area (Å²) >= 11 is 12.7. The molecular weight excluding hydrogens is 432 g/mol. The SMILES string of the molecule is CCn1cc(C=CC(=O)NC(=S)Nc2ccc3c(Cl)c(C(=O)OC)sc3c2)cn1. The van der Waals surface area contributed by atoms with Crippen LogP contribution in [0.2, 0.25) is 5.02 Å². The van der Waals surface area contributed by atoms with Gasteiger partial charge in [0.2, 0.25) is 5.91 Å². The van der Waals surface area contributed by atoms with Crippen LogP contribution < -0.4 is 10.6 Å². The van der Waals surface area contributed by atoms with Gasteiger partial charge in [-0.2, -0.15) is 5.10 Å². The summed E-state index contributed by atoms with van der Waals surface area (Å²) in [7, 11) is 1.31. The molecule has 3 rings (SSSR count). The number of methoxy groups -OCH3 is 1. The van der Waals surface area contributed by atoms with Crippen LogP contribution in [0.25, 0.3) is 16.2 Å². The first-order valence-electron chi connectivity index (χ1n) is 8.54. The second-order valence-electron chi connectivity index (χ2n) is 5.85. The summed E-state index contributed by atoms with van der Waals surface area (Å²) in [6.07, 6.45) is 6.55. The third-order valence-electron chi connectivity index (χ3n) is 3.90. The van der Waals surface area contributed by atoms with Crippen LogP contribution in [-0.4, -0.2) is 33.9 Å². The highest BCUT2D eigenvalue weighted by Crippen LogP contribution is 2.37. The van der Waals surface area contributed by atoms with Gasteiger partial charge >= 0.3 is 5.97 Å². The number of halogens is 1. The van der Waals surface area contributed by atoms with Gasteiger partial charge in [-0.1, -0.05) is 11.6 Å². The zero-order chi connectivity index (χ0) is 21.0. The van der Waals surface area contributed by atoms with E-state index in [2.05, 4.69) is 15.7 Å². The molecule has 0 atom stereocenters. The van der Waals surface area contributed by atoms with E-state index in [1.807, 2.05) is 13.1 Å². The molecule has 0 unspecified atom stereocenters. The van der Waals surface area contributed by atoms with E-state index in [0.717, 1.165) is 22.2 Å². The van der Waals surface area contributed by atoms with Crippen molar-refractivity contribution in [1.29, 1.82) is 0 Å². The van der Waals surface area contributed by atoms with Gasteiger partial charge in [0.15, 0.2) is 5.11 Å². The Kier molecular flexibility index (Phi) is 6.63. The number of nitrogens with one attached hydrogen (secondary N) is 2. The summed E-state index contributed by atoms with van der Waals surface area (Å²) in [6.45, 7) is 2.74. The van der Waals surface area contributed by atoms with E-state index in [4.69, 9.17) is 28.6 Å². The molecule has 0 aliphatic carbocycles. The first-order valence-corrected chi connectivity index (χ1v) is 10.1. The van der Waals surface area contributed by atoms with Crippen molar-refractivity contribution >= 4 is 74.0 Å². The summed E-state index contributed by atoms with van der Waals surface area (Å²) in [5.41, 5.74) is 1.48. The lowest BCUT2D eigenvalue weighted by atomic mass is 10.2. The number of aromatic nitrogens is 2. The first kappa shape index (κ1) is 21.0. The fourth-order valence-corrected chi connectivity index (χ4v) is 4.18. The number of aryl methyl sites for hydroxylation is 1. The van der Waals surface area contributed by atoms with Crippen molar-refractivity contribution in [2.75, 3.05) is 12.4 Å². The third kappa shape index (κ3) is 5.00. The Morgan fingerprint density at radius 1 is 1.41 bits per heavy atom. The molecule has 2 N–H and O–H groups in total. The molecule has 10 heteroatoms. The molecule has 7 nitrogen and oxygen atoms in total. The molecular formula is C19H17ClN4O3S2. The number of carbonyl (C=O) groups is 2. The summed E-state index contributed by atoms with van der Waals surface area (Å²) in [4.78, 5) is 24.2. The minimum atomic E-state index is -0.482. The molecule has 150 valence electrons. The Labute approximate surface area is 181 Å². The van der Waals surface area contributed by atoms with Crippen LogP contribution >= 0.6 is 35.2 Å². The number of thiophene rings is 1. The molecule has 1 amide bonds. The van der Waals surface area contributed by atoms with Crippen LogP contribution in [0.5, 0.6) is 0 Å². The van der Waals surface area contributed by atoms with Gasteiger partial charge in [0, 0.05) is 40.2 Å². The van der Waals surface area contributed by atoms with Crippen molar-refractivity contribution in [3.63, 3.8) is 0 Å². The maximum absolute atomic E-state index is 12.0. The molecule has 2 aromatic heterocycles. The number of carbonyl (C=O) groups excluding carboxylic acids is 2. The van der Waals surface area contributed by atoms with E-state index in [9.17, 15) is 9.59 Å². The number of rotatable bonds is 5. The van der Waals surface area contributed by atoms with Crippen molar-refractivity contribution in [2.24, 2.45) is 0 Å². The Morgan fingerprint density at radius 3 is 2.90 bits per heavy atom. The number of anilines is 1. The van der Waals surface area contributed by atoms with Crippen LogP contribution in [0.3, 0.4) is 0 Å². The molecule has 0 fully saturated rings. The van der Waals surface area contributed by atoms with Crippen LogP contribution in [0.4, 0.5) is 5.69 Å². The Balaban J connectivity index is 1.64. The van der Waals surface area contributed by atoms with Gasteiger partial charge < -0.3 is 10.1 Å². The molecule has 0 spiro atoms. The molecule has 0 aliphatic rings. The number of fused-ring (bicyclic) bond motifs is 1. The lowest BCUT2D eigenvalue weighted by molar-refractivity contribution is -0.115. The van der Waals surface area contributed by atoms with Gasteiger partial charge in [-0.3, -0.25) is 14.8 Å². The van der Waals surface area contributed by atoms with Crippen molar-refractivity contribution in [2.45, 2.75) is 13.5 Å². The van der Waals surface area contributed by atoms with Crippen LogP contribution in [0, 0.1) is 0 Å². The Hall–Kier alpha value is -2.75. The van der Waals surface area contributed by atoms with Crippen molar-refractivity contribution in [3.05, 3.63) is 52.1 Å². The largest absolute Gasteiger partial charge is 0.465 e. The second-order valence-corrected chi connectivity index (χ2v) is 7.69. The number of amides is 1. The number of hydrogen-bond acceptors (Lipinski definition) is 6. The van der Waals surface area contributed by atoms with E-state index < -0.39 is 5.97 Å². The predicted octanol–water partition coefficient (Wildman–Crippen LogP) is 4.08. The average molecular weight is 449 g/mol. The van der Waals surface area contributed by atoms with E-state index >= 15 is 0 Å². The zero-order valence-corrected chi connectivity index (χ0v) is 18.0. The summed E-state index contributed by atoms with van der Waals surface area (Å²) in [6, 6.07) is 5.33. The maximum atomic E-state index is 12.0. The number of hydrogen-bond donors (Lipinski definition) is 2. The molecule has 29 heavy (non-hydrogen) atoms. The number of esters is 1. The summed E-state index contributed by atoms with van der Waals surface area (Å²) in [5.74, 6) is -0.843. The molecule has 3 aromatic rings. The van der Waals surface area contributed by atoms with Crippen molar-refractivity contribution < 1.29 is 14.3 Å². The van der Waals surface area contributed by atoms with Gasteiger partial charge in [-0.05, 0) is 43.4 Å². The summed E-state index contributed by atoms with van der Waals surface area (Å²) < 4.78 is 7.30. The zero-order valence-electron chi connectivity index (χ0n) is 15.6. The van der Waals surface area contributed by atoms with Crippen LogP contribution in [0.15, 0.2) is 36.7 Å². The molecule has 0 aliphatic heterocycles.